The van der Waals surface area contributed by atoms with Gasteiger partial charge in [0.15, 0.2) is 0 Å². The summed E-state index contributed by atoms with van der Waals surface area (Å²) < 4.78 is 27.2. The molecule has 1 aromatic rings. The van der Waals surface area contributed by atoms with Crippen molar-refractivity contribution in [3.05, 3.63) is 28.8 Å². The van der Waals surface area contributed by atoms with E-state index in [0.717, 1.165) is 23.1 Å². The van der Waals surface area contributed by atoms with Crippen molar-refractivity contribution in [3.8, 4) is 0 Å². The van der Waals surface area contributed by atoms with Crippen LogP contribution in [0.25, 0.3) is 0 Å². The van der Waals surface area contributed by atoms with E-state index in [4.69, 9.17) is 5.73 Å². The predicted molar refractivity (Wildman–Crippen MR) is 73.9 cm³/mol. The van der Waals surface area contributed by atoms with Crippen LogP contribution in [0.3, 0.4) is 0 Å². The van der Waals surface area contributed by atoms with Crippen LogP contribution in [0.2, 0.25) is 0 Å². The topological polar surface area (TPSA) is 72.2 Å². The number of hydrogen-bond donors (Lipinski definition) is 2. The second-order valence-electron chi connectivity index (χ2n) is 4.68. The van der Waals surface area contributed by atoms with Gasteiger partial charge in [-0.1, -0.05) is 13.0 Å². The van der Waals surface area contributed by atoms with Crippen LogP contribution in [-0.4, -0.2) is 14.5 Å². The Kier molecular flexibility index (Phi) is 4.90. The molecule has 1 unspecified atom stereocenters. The van der Waals surface area contributed by atoms with E-state index in [0.29, 0.717) is 11.4 Å². The highest BCUT2D eigenvalue weighted by atomic mass is 32.2. The van der Waals surface area contributed by atoms with Crippen LogP contribution >= 0.6 is 0 Å². The Morgan fingerprint density at radius 2 is 1.89 bits per heavy atom. The molecule has 1 rings (SSSR count). The van der Waals surface area contributed by atoms with E-state index in [1.54, 1.807) is 13.0 Å². The number of nitrogens with one attached hydrogen (secondary N) is 1. The number of rotatable bonds is 5. The van der Waals surface area contributed by atoms with E-state index in [9.17, 15) is 8.42 Å². The van der Waals surface area contributed by atoms with Gasteiger partial charge in [0.25, 0.3) is 0 Å². The Morgan fingerprint density at radius 1 is 1.28 bits per heavy atom. The van der Waals surface area contributed by atoms with Crippen molar-refractivity contribution in [2.75, 3.05) is 0 Å². The number of benzene rings is 1. The van der Waals surface area contributed by atoms with Gasteiger partial charge in [0, 0.05) is 12.6 Å². The van der Waals surface area contributed by atoms with Crippen LogP contribution in [0.4, 0.5) is 0 Å². The Balaban J connectivity index is 3.24. The van der Waals surface area contributed by atoms with Crippen LogP contribution in [0.1, 0.15) is 37.0 Å². The Hall–Kier alpha value is -0.910. The fourth-order valence-corrected chi connectivity index (χ4v) is 3.40. The predicted octanol–water partition coefficient (Wildman–Crippen LogP) is 1.84. The van der Waals surface area contributed by atoms with Gasteiger partial charge in [-0.25, -0.2) is 13.1 Å². The summed E-state index contributed by atoms with van der Waals surface area (Å²) in [5.41, 5.74) is 8.27. The molecule has 0 radical (unpaired) electrons. The summed E-state index contributed by atoms with van der Waals surface area (Å²) in [6, 6.07) is 3.47. The van der Waals surface area contributed by atoms with Crippen molar-refractivity contribution in [3.63, 3.8) is 0 Å². The minimum Gasteiger partial charge on any atom is -0.326 e. The van der Waals surface area contributed by atoms with Gasteiger partial charge in [0.2, 0.25) is 10.0 Å². The van der Waals surface area contributed by atoms with Crippen LogP contribution in [-0.2, 0) is 16.6 Å². The molecule has 5 heteroatoms. The largest absolute Gasteiger partial charge is 0.326 e. The maximum absolute atomic E-state index is 12.2. The molecule has 1 aromatic carbocycles. The molecular weight excluding hydrogens is 248 g/mol. The maximum atomic E-state index is 12.2. The summed E-state index contributed by atoms with van der Waals surface area (Å²) in [5, 5.41) is 0. The Morgan fingerprint density at radius 3 is 2.39 bits per heavy atom. The number of nitrogens with two attached hydrogens (primary N) is 1. The molecule has 1 atom stereocenters. The van der Waals surface area contributed by atoms with E-state index >= 15 is 0 Å². The smallest absolute Gasteiger partial charge is 0.241 e. The van der Waals surface area contributed by atoms with Gasteiger partial charge in [0.1, 0.15) is 0 Å². The fraction of sp³-hybridized carbons (Fsp3) is 0.538. The summed E-state index contributed by atoms with van der Waals surface area (Å²) in [4.78, 5) is 0.328. The van der Waals surface area contributed by atoms with Crippen molar-refractivity contribution in [1.29, 1.82) is 0 Å². The highest BCUT2D eigenvalue weighted by Gasteiger charge is 2.19. The molecule has 3 N–H and O–H groups in total. The third-order valence-electron chi connectivity index (χ3n) is 3.11. The van der Waals surface area contributed by atoms with E-state index < -0.39 is 10.0 Å². The van der Waals surface area contributed by atoms with Gasteiger partial charge in [-0.2, -0.15) is 0 Å². The van der Waals surface area contributed by atoms with Crippen molar-refractivity contribution in [2.45, 2.75) is 51.6 Å². The maximum Gasteiger partial charge on any atom is 0.241 e. The molecule has 102 valence electrons. The van der Waals surface area contributed by atoms with Crippen molar-refractivity contribution in [1.82, 2.24) is 4.72 Å². The highest BCUT2D eigenvalue weighted by Crippen LogP contribution is 2.20. The average molecular weight is 270 g/mol. The first kappa shape index (κ1) is 15.1. The molecular formula is C13H22N2O2S. The first-order valence-electron chi connectivity index (χ1n) is 6.14. The molecule has 0 aliphatic rings. The van der Waals surface area contributed by atoms with E-state index in [1.165, 1.54) is 0 Å². The molecule has 0 aliphatic carbocycles. The quantitative estimate of drug-likeness (QED) is 0.857. The first-order valence-corrected chi connectivity index (χ1v) is 7.62. The third-order valence-corrected chi connectivity index (χ3v) is 4.84. The van der Waals surface area contributed by atoms with Crippen LogP contribution in [0, 0.1) is 13.8 Å². The van der Waals surface area contributed by atoms with Gasteiger partial charge in [0.05, 0.1) is 4.90 Å². The van der Waals surface area contributed by atoms with E-state index in [-0.39, 0.29) is 6.04 Å². The third kappa shape index (κ3) is 3.31. The lowest BCUT2D eigenvalue weighted by molar-refractivity contribution is 0.555. The lowest BCUT2D eigenvalue weighted by Gasteiger charge is -2.15. The van der Waals surface area contributed by atoms with E-state index in [2.05, 4.69) is 4.72 Å². The van der Waals surface area contributed by atoms with Gasteiger partial charge < -0.3 is 5.73 Å². The van der Waals surface area contributed by atoms with Crippen molar-refractivity contribution >= 4 is 10.0 Å². The van der Waals surface area contributed by atoms with Gasteiger partial charge >= 0.3 is 0 Å². The summed E-state index contributed by atoms with van der Waals surface area (Å²) in [5.74, 6) is 0. The fourth-order valence-electron chi connectivity index (χ4n) is 1.80. The van der Waals surface area contributed by atoms with Crippen LogP contribution in [0.5, 0.6) is 0 Å². The van der Waals surface area contributed by atoms with Gasteiger partial charge in [-0.3, -0.25) is 0 Å². The van der Waals surface area contributed by atoms with Crippen LogP contribution < -0.4 is 10.5 Å². The first-order chi connectivity index (χ1) is 8.31. The lowest BCUT2D eigenvalue weighted by Crippen LogP contribution is -2.32. The second-order valence-corrected chi connectivity index (χ2v) is 6.36. The molecule has 0 amide bonds. The highest BCUT2D eigenvalue weighted by molar-refractivity contribution is 7.89. The Bertz CT molecular complexity index is 524. The second kappa shape index (κ2) is 5.82. The summed E-state index contributed by atoms with van der Waals surface area (Å²) >= 11 is 0. The minimum absolute atomic E-state index is 0.0722. The molecule has 0 spiro atoms. The molecule has 0 saturated carbocycles. The Labute approximate surface area is 110 Å². The molecule has 18 heavy (non-hydrogen) atoms. The molecule has 0 saturated heterocycles. The average Bonchev–Trinajstić information content (AvgIpc) is 2.28. The molecule has 0 aromatic heterocycles. The van der Waals surface area contributed by atoms with Gasteiger partial charge in [-0.15, -0.1) is 0 Å². The van der Waals surface area contributed by atoms with E-state index in [1.807, 2.05) is 26.8 Å². The summed E-state index contributed by atoms with van der Waals surface area (Å²) in [6.45, 7) is 7.88. The number of aryl methyl sites for hydroxylation is 2. The van der Waals surface area contributed by atoms with Crippen molar-refractivity contribution in [2.24, 2.45) is 5.73 Å². The molecule has 0 heterocycles. The van der Waals surface area contributed by atoms with Crippen LogP contribution in [0.15, 0.2) is 17.0 Å². The number of sulfonamides is 1. The standard InChI is InChI=1S/C13H22N2O2S/c1-5-11(4)15-18(16,17)13-7-12(8-14)9(2)6-10(13)3/h6-7,11,15H,5,8,14H2,1-4H3. The summed E-state index contributed by atoms with van der Waals surface area (Å²) in [7, 11) is -3.46. The molecule has 0 bridgehead atoms. The lowest BCUT2D eigenvalue weighted by atomic mass is 10.1. The molecule has 0 fully saturated rings. The molecule has 0 aliphatic heterocycles. The zero-order chi connectivity index (χ0) is 13.9. The zero-order valence-electron chi connectivity index (χ0n) is 11.4. The monoisotopic (exact) mass is 270 g/mol. The zero-order valence-corrected chi connectivity index (χ0v) is 12.3. The van der Waals surface area contributed by atoms with Crippen molar-refractivity contribution < 1.29 is 8.42 Å². The number of hydrogen-bond acceptors (Lipinski definition) is 3. The summed E-state index contributed by atoms with van der Waals surface area (Å²) in [6.07, 6.45) is 0.758. The normalized spacial score (nSPS) is 13.6. The molecule has 4 nitrogen and oxygen atoms in total. The van der Waals surface area contributed by atoms with Gasteiger partial charge in [-0.05, 0) is 49.9 Å². The SMILES string of the molecule is CCC(C)NS(=O)(=O)c1cc(CN)c(C)cc1C. The minimum atomic E-state index is -3.46.